The molecule has 0 amide bonds. The molecule has 0 aromatic carbocycles. The first kappa shape index (κ1) is 12.1. The summed E-state index contributed by atoms with van der Waals surface area (Å²) in [5.74, 6) is 0.540. The smallest absolute Gasteiger partial charge is 0.188 e. The van der Waals surface area contributed by atoms with Gasteiger partial charge in [0.2, 0.25) is 0 Å². The summed E-state index contributed by atoms with van der Waals surface area (Å²) in [4.78, 5) is 0. The highest BCUT2D eigenvalue weighted by molar-refractivity contribution is 7.93. The van der Waals surface area contributed by atoms with Gasteiger partial charge in [-0.15, -0.1) is 11.3 Å². The molecule has 0 radical (unpaired) electrons. The fourth-order valence-electron chi connectivity index (χ4n) is 1.98. The molecule has 2 heterocycles. The molecule has 0 unspecified atom stereocenters. The van der Waals surface area contributed by atoms with Crippen LogP contribution in [0, 0.1) is 12.8 Å². The molecule has 1 aromatic heterocycles. The fourth-order valence-corrected chi connectivity index (χ4v) is 5.25. The van der Waals surface area contributed by atoms with E-state index in [1.165, 1.54) is 11.3 Å². The minimum Gasteiger partial charge on any atom is -0.381 e. The van der Waals surface area contributed by atoms with E-state index in [-0.39, 0.29) is 11.7 Å². The average Bonchev–Trinajstić information content (AvgIpc) is 2.66. The Morgan fingerprint density at radius 3 is 2.69 bits per heavy atom. The van der Waals surface area contributed by atoms with Gasteiger partial charge in [-0.2, -0.15) is 0 Å². The van der Waals surface area contributed by atoms with Crippen LogP contribution in [0.25, 0.3) is 0 Å². The molecular formula is C11H16O3S2. The van der Waals surface area contributed by atoms with Crippen LogP contribution < -0.4 is 0 Å². The van der Waals surface area contributed by atoms with E-state index in [2.05, 4.69) is 0 Å². The second-order valence-electron chi connectivity index (χ2n) is 4.23. The standard InChI is InChI=1S/C11H16O3S2/c1-9-4-7-15-11(9)16(12,13)8-10-2-5-14-6-3-10/h4,7,10H,2-3,5-6,8H2,1H3. The third kappa shape index (κ3) is 2.64. The Hall–Kier alpha value is -0.390. The maximum atomic E-state index is 12.2. The van der Waals surface area contributed by atoms with Crippen molar-refractivity contribution in [3.63, 3.8) is 0 Å². The lowest BCUT2D eigenvalue weighted by atomic mass is 10.0. The van der Waals surface area contributed by atoms with Crippen molar-refractivity contribution in [2.45, 2.75) is 24.0 Å². The van der Waals surface area contributed by atoms with Crippen LogP contribution in [0.4, 0.5) is 0 Å². The van der Waals surface area contributed by atoms with Crippen molar-refractivity contribution in [3.8, 4) is 0 Å². The molecule has 90 valence electrons. The number of hydrogen-bond acceptors (Lipinski definition) is 4. The van der Waals surface area contributed by atoms with E-state index in [1.54, 1.807) is 0 Å². The van der Waals surface area contributed by atoms with Crippen LogP contribution in [-0.4, -0.2) is 27.4 Å². The van der Waals surface area contributed by atoms with Gasteiger partial charge in [-0.3, -0.25) is 0 Å². The fraction of sp³-hybridized carbons (Fsp3) is 0.636. The molecule has 1 aliphatic rings. The van der Waals surface area contributed by atoms with Crippen LogP contribution in [0.15, 0.2) is 15.7 Å². The van der Waals surface area contributed by atoms with Crippen molar-refractivity contribution < 1.29 is 13.2 Å². The van der Waals surface area contributed by atoms with E-state index in [4.69, 9.17) is 4.74 Å². The Morgan fingerprint density at radius 2 is 2.12 bits per heavy atom. The van der Waals surface area contributed by atoms with Crippen molar-refractivity contribution in [3.05, 3.63) is 17.0 Å². The number of rotatable bonds is 3. The zero-order valence-electron chi connectivity index (χ0n) is 9.31. The van der Waals surface area contributed by atoms with Gasteiger partial charge in [-0.05, 0) is 42.7 Å². The van der Waals surface area contributed by atoms with Gasteiger partial charge < -0.3 is 4.74 Å². The molecule has 0 saturated carbocycles. The Morgan fingerprint density at radius 1 is 1.44 bits per heavy atom. The summed E-state index contributed by atoms with van der Waals surface area (Å²) in [5, 5.41) is 1.84. The number of aryl methyl sites for hydroxylation is 1. The minimum atomic E-state index is -3.08. The van der Waals surface area contributed by atoms with E-state index < -0.39 is 9.84 Å². The summed E-state index contributed by atoms with van der Waals surface area (Å²) >= 11 is 1.33. The highest BCUT2D eigenvalue weighted by atomic mass is 32.2. The number of hydrogen-bond donors (Lipinski definition) is 0. The van der Waals surface area contributed by atoms with Crippen molar-refractivity contribution in [1.29, 1.82) is 0 Å². The zero-order valence-corrected chi connectivity index (χ0v) is 10.9. The van der Waals surface area contributed by atoms with E-state index >= 15 is 0 Å². The summed E-state index contributed by atoms with van der Waals surface area (Å²) in [7, 11) is -3.08. The second-order valence-corrected chi connectivity index (χ2v) is 7.37. The predicted octanol–water partition coefficient (Wildman–Crippen LogP) is 2.26. The van der Waals surface area contributed by atoms with Gasteiger partial charge in [0.05, 0.1) is 5.75 Å². The van der Waals surface area contributed by atoms with E-state index in [9.17, 15) is 8.42 Å². The van der Waals surface area contributed by atoms with Gasteiger partial charge in [-0.1, -0.05) is 0 Å². The summed E-state index contributed by atoms with van der Waals surface area (Å²) < 4.78 is 30.1. The third-order valence-corrected chi connectivity index (χ3v) is 6.55. The lowest BCUT2D eigenvalue weighted by Gasteiger charge is -2.21. The summed E-state index contributed by atoms with van der Waals surface area (Å²) in [6.45, 7) is 3.25. The van der Waals surface area contributed by atoms with Crippen molar-refractivity contribution in [2.75, 3.05) is 19.0 Å². The average molecular weight is 260 g/mol. The van der Waals surface area contributed by atoms with Crippen molar-refractivity contribution in [1.82, 2.24) is 0 Å². The predicted molar refractivity (Wildman–Crippen MR) is 64.7 cm³/mol. The molecule has 0 aliphatic carbocycles. The number of thiophene rings is 1. The molecule has 0 atom stereocenters. The largest absolute Gasteiger partial charge is 0.381 e. The van der Waals surface area contributed by atoms with Crippen LogP contribution in [0.5, 0.6) is 0 Å². The molecule has 0 spiro atoms. The molecule has 1 saturated heterocycles. The first-order valence-electron chi connectivity index (χ1n) is 5.44. The molecule has 3 nitrogen and oxygen atoms in total. The van der Waals surface area contributed by atoms with Gasteiger partial charge in [-0.25, -0.2) is 8.42 Å². The van der Waals surface area contributed by atoms with E-state index in [0.717, 1.165) is 18.4 Å². The molecular weight excluding hydrogens is 244 g/mol. The minimum absolute atomic E-state index is 0.264. The molecule has 5 heteroatoms. The topological polar surface area (TPSA) is 43.4 Å². The molecule has 1 fully saturated rings. The Labute approximate surface area is 100 Å². The first-order chi connectivity index (χ1) is 7.59. The quantitative estimate of drug-likeness (QED) is 0.837. The summed E-state index contributed by atoms with van der Waals surface area (Å²) in [6.07, 6.45) is 1.73. The summed E-state index contributed by atoms with van der Waals surface area (Å²) in [5.41, 5.74) is 0.872. The lowest BCUT2D eigenvalue weighted by Crippen LogP contribution is -2.23. The third-order valence-electron chi connectivity index (χ3n) is 2.89. The number of ether oxygens (including phenoxy) is 1. The first-order valence-corrected chi connectivity index (χ1v) is 7.97. The van der Waals surface area contributed by atoms with Crippen molar-refractivity contribution >= 4 is 21.2 Å². The van der Waals surface area contributed by atoms with Crippen LogP contribution in [0.2, 0.25) is 0 Å². The maximum Gasteiger partial charge on any atom is 0.188 e. The highest BCUT2D eigenvalue weighted by Crippen LogP contribution is 2.27. The zero-order chi connectivity index (χ0) is 11.6. The summed E-state index contributed by atoms with van der Waals surface area (Å²) in [6, 6.07) is 1.86. The number of sulfone groups is 1. The van der Waals surface area contributed by atoms with Crippen LogP contribution in [0.3, 0.4) is 0 Å². The molecule has 2 rings (SSSR count). The molecule has 0 bridgehead atoms. The van der Waals surface area contributed by atoms with Crippen molar-refractivity contribution in [2.24, 2.45) is 5.92 Å². The SMILES string of the molecule is Cc1ccsc1S(=O)(=O)CC1CCOCC1. The Kier molecular flexibility index (Phi) is 3.66. The maximum absolute atomic E-state index is 12.2. The monoisotopic (exact) mass is 260 g/mol. The van der Waals surface area contributed by atoms with Gasteiger partial charge in [0, 0.05) is 13.2 Å². The second kappa shape index (κ2) is 4.85. The normalized spacial score (nSPS) is 18.8. The van der Waals surface area contributed by atoms with Gasteiger partial charge in [0.1, 0.15) is 4.21 Å². The lowest BCUT2D eigenvalue weighted by molar-refractivity contribution is 0.0723. The van der Waals surface area contributed by atoms with Crippen LogP contribution in [0.1, 0.15) is 18.4 Å². The van der Waals surface area contributed by atoms with Gasteiger partial charge in [0.15, 0.2) is 9.84 Å². The van der Waals surface area contributed by atoms with Crippen LogP contribution in [-0.2, 0) is 14.6 Å². The Balaban J connectivity index is 2.11. The van der Waals surface area contributed by atoms with Gasteiger partial charge >= 0.3 is 0 Å². The molecule has 1 aromatic rings. The molecule has 1 aliphatic heterocycles. The van der Waals surface area contributed by atoms with Crippen LogP contribution >= 0.6 is 11.3 Å². The Bertz CT molecular complexity index is 442. The van der Waals surface area contributed by atoms with E-state index in [1.807, 2.05) is 18.4 Å². The van der Waals surface area contributed by atoms with E-state index in [0.29, 0.717) is 17.4 Å². The molecule has 0 N–H and O–H groups in total. The molecule has 16 heavy (non-hydrogen) atoms. The highest BCUT2D eigenvalue weighted by Gasteiger charge is 2.25. The van der Waals surface area contributed by atoms with Gasteiger partial charge in [0.25, 0.3) is 0 Å².